The molecular weight excluding hydrogens is 246 g/mol. The molecule has 0 aliphatic rings. The SMILES string of the molecule is CCC(CC)NC(=O)/C=C/c1cccc2ccccc12. The van der Waals surface area contributed by atoms with Crippen LogP contribution in [0.3, 0.4) is 0 Å². The lowest BCUT2D eigenvalue weighted by Crippen LogP contribution is -2.32. The number of amides is 1. The Balaban J connectivity index is 2.15. The number of carbonyl (C=O) groups excluding carboxylic acids is 1. The van der Waals surface area contributed by atoms with Crippen molar-refractivity contribution in [2.24, 2.45) is 0 Å². The third-order valence-corrected chi connectivity index (χ3v) is 3.57. The molecular formula is C18H21NO. The zero-order valence-corrected chi connectivity index (χ0v) is 12.1. The fraction of sp³-hybridized carbons (Fsp3) is 0.278. The second kappa shape index (κ2) is 6.90. The lowest BCUT2D eigenvalue weighted by atomic mass is 10.0. The molecule has 0 aromatic heterocycles. The molecule has 0 aliphatic carbocycles. The van der Waals surface area contributed by atoms with Gasteiger partial charge in [0, 0.05) is 12.1 Å². The minimum absolute atomic E-state index is 0.0216. The van der Waals surface area contributed by atoms with Crippen LogP contribution in [-0.2, 0) is 4.79 Å². The Labute approximate surface area is 120 Å². The molecule has 2 aromatic carbocycles. The highest BCUT2D eigenvalue weighted by atomic mass is 16.1. The van der Waals surface area contributed by atoms with E-state index in [9.17, 15) is 4.79 Å². The average molecular weight is 267 g/mol. The number of benzene rings is 2. The molecule has 1 N–H and O–H groups in total. The topological polar surface area (TPSA) is 29.1 Å². The molecule has 0 heterocycles. The number of hydrogen-bond acceptors (Lipinski definition) is 1. The van der Waals surface area contributed by atoms with E-state index >= 15 is 0 Å². The van der Waals surface area contributed by atoms with Crippen LogP contribution in [0.4, 0.5) is 0 Å². The van der Waals surface area contributed by atoms with Crippen LogP contribution in [0, 0.1) is 0 Å². The first-order valence-corrected chi connectivity index (χ1v) is 7.21. The van der Waals surface area contributed by atoms with Gasteiger partial charge in [0.05, 0.1) is 0 Å². The molecule has 0 unspecified atom stereocenters. The van der Waals surface area contributed by atoms with Gasteiger partial charge in [0.2, 0.25) is 5.91 Å². The summed E-state index contributed by atoms with van der Waals surface area (Å²) in [5.74, 6) is -0.0216. The molecule has 0 atom stereocenters. The molecule has 0 saturated carbocycles. The van der Waals surface area contributed by atoms with Crippen molar-refractivity contribution in [3.05, 3.63) is 54.1 Å². The highest BCUT2D eigenvalue weighted by molar-refractivity contribution is 5.96. The molecule has 0 saturated heterocycles. The summed E-state index contributed by atoms with van der Waals surface area (Å²) >= 11 is 0. The van der Waals surface area contributed by atoms with Crippen LogP contribution in [0.25, 0.3) is 16.8 Å². The number of carbonyl (C=O) groups is 1. The summed E-state index contributed by atoms with van der Waals surface area (Å²) in [6.07, 6.45) is 5.44. The molecule has 2 aromatic rings. The van der Waals surface area contributed by atoms with Crippen molar-refractivity contribution in [3.63, 3.8) is 0 Å². The zero-order chi connectivity index (χ0) is 14.4. The van der Waals surface area contributed by atoms with Gasteiger partial charge in [-0.3, -0.25) is 4.79 Å². The van der Waals surface area contributed by atoms with Gasteiger partial charge in [0.15, 0.2) is 0 Å². The Kier molecular flexibility index (Phi) is 4.94. The summed E-state index contributed by atoms with van der Waals surface area (Å²) in [6.45, 7) is 4.17. The van der Waals surface area contributed by atoms with Crippen LogP contribution < -0.4 is 5.32 Å². The molecule has 2 nitrogen and oxygen atoms in total. The Morgan fingerprint density at radius 3 is 2.55 bits per heavy atom. The van der Waals surface area contributed by atoms with Gasteiger partial charge in [-0.05, 0) is 35.3 Å². The van der Waals surface area contributed by atoms with Gasteiger partial charge in [-0.25, -0.2) is 0 Å². The molecule has 0 radical (unpaired) electrons. The highest BCUT2D eigenvalue weighted by Gasteiger charge is 2.05. The third-order valence-electron chi connectivity index (χ3n) is 3.57. The maximum atomic E-state index is 11.9. The van der Waals surface area contributed by atoms with E-state index in [0.717, 1.165) is 18.4 Å². The smallest absolute Gasteiger partial charge is 0.244 e. The fourth-order valence-electron chi connectivity index (χ4n) is 2.30. The predicted molar refractivity (Wildman–Crippen MR) is 85.5 cm³/mol. The van der Waals surface area contributed by atoms with Crippen molar-refractivity contribution >= 4 is 22.8 Å². The predicted octanol–water partition coefficient (Wildman–Crippen LogP) is 4.16. The molecule has 20 heavy (non-hydrogen) atoms. The van der Waals surface area contributed by atoms with Crippen LogP contribution in [-0.4, -0.2) is 11.9 Å². The van der Waals surface area contributed by atoms with Gasteiger partial charge in [0.25, 0.3) is 0 Å². The average Bonchev–Trinajstić information content (AvgIpc) is 2.50. The van der Waals surface area contributed by atoms with Crippen molar-refractivity contribution in [1.82, 2.24) is 5.32 Å². The van der Waals surface area contributed by atoms with Crippen LogP contribution in [0.2, 0.25) is 0 Å². The quantitative estimate of drug-likeness (QED) is 0.810. The van der Waals surface area contributed by atoms with Crippen LogP contribution >= 0.6 is 0 Å². The minimum atomic E-state index is -0.0216. The molecule has 0 fully saturated rings. The zero-order valence-electron chi connectivity index (χ0n) is 12.1. The van der Waals surface area contributed by atoms with E-state index in [1.165, 1.54) is 10.8 Å². The van der Waals surface area contributed by atoms with Crippen LogP contribution in [0.15, 0.2) is 48.5 Å². The van der Waals surface area contributed by atoms with Gasteiger partial charge in [-0.2, -0.15) is 0 Å². The Morgan fingerprint density at radius 2 is 1.80 bits per heavy atom. The number of rotatable bonds is 5. The third kappa shape index (κ3) is 3.47. The van der Waals surface area contributed by atoms with Crippen LogP contribution in [0.1, 0.15) is 32.3 Å². The number of hydrogen-bond donors (Lipinski definition) is 1. The standard InChI is InChI=1S/C18H21NO/c1-3-16(4-2)19-18(20)13-12-15-10-7-9-14-8-5-6-11-17(14)15/h5-13,16H,3-4H2,1-2H3,(H,19,20)/b13-12+. The van der Waals surface area contributed by atoms with Crippen molar-refractivity contribution in [2.45, 2.75) is 32.7 Å². The molecule has 2 heteroatoms. The summed E-state index contributed by atoms with van der Waals surface area (Å²) in [4.78, 5) is 11.9. The van der Waals surface area contributed by atoms with Crippen molar-refractivity contribution in [1.29, 1.82) is 0 Å². The van der Waals surface area contributed by atoms with E-state index in [1.54, 1.807) is 6.08 Å². The summed E-state index contributed by atoms with van der Waals surface area (Å²) in [7, 11) is 0. The largest absolute Gasteiger partial charge is 0.350 e. The van der Waals surface area contributed by atoms with E-state index < -0.39 is 0 Å². The Hall–Kier alpha value is -2.09. The van der Waals surface area contributed by atoms with Gasteiger partial charge in [-0.15, -0.1) is 0 Å². The summed E-state index contributed by atoms with van der Waals surface area (Å²) in [5.41, 5.74) is 1.07. The van der Waals surface area contributed by atoms with Crippen LogP contribution in [0.5, 0.6) is 0 Å². The molecule has 104 valence electrons. The second-order valence-corrected chi connectivity index (χ2v) is 4.92. The van der Waals surface area contributed by atoms with Crippen molar-refractivity contribution in [3.8, 4) is 0 Å². The van der Waals surface area contributed by atoms with Crippen molar-refractivity contribution < 1.29 is 4.79 Å². The molecule has 1 amide bonds. The number of fused-ring (bicyclic) bond motifs is 1. The molecule has 0 bridgehead atoms. The first-order chi connectivity index (χ1) is 9.74. The van der Waals surface area contributed by atoms with Crippen molar-refractivity contribution in [2.75, 3.05) is 0 Å². The normalized spacial score (nSPS) is 11.3. The fourth-order valence-corrected chi connectivity index (χ4v) is 2.30. The monoisotopic (exact) mass is 267 g/mol. The lowest BCUT2D eigenvalue weighted by Gasteiger charge is -2.12. The Morgan fingerprint density at radius 1 is 1.10 bits per heavy atom. The first-order valence-electron chi connectivity index (χ1n) is 7.21. The van der Waals surface area contributed by atoms with E-state index in [1.807, 2.05) is 30.3 Å². The lowest BCUT2D eigenvalue weighted by molar-refractivity contribution is -0.117. The van der Waals surface area contributed by atoms with E-state index in [0.29, 0.717) is 0 Å². The molecule has 2 rings (SSSR count). The minimum Gasteiger partial charge on any atom is -0.350 e. The highest BCUT2D eigenvalue weighted by Crippen LogP contribution is 2.19. The summed E-state index contributed by atoms with van der Waals surface area (Å²) in [6, 6.07) is 14.6. The summed E-state index contributed by atoms with van der Waals surface area (Å²) in [5, 5.41) is 5.37. The van der Waals surface area contributed by atoms with E-state index in [4.69, 9.17) is 0 Å². The van der Waals surface area contributed by atoms with Gasteiger partial charge in [0.1, 0.15) is 0 Å². The second-order valence-electron chi connectivity index (χ2n) is 4.92. The van der Waals surface area contributed by atoms with E-state index in [-0.39, 0.29) is 11.9 Å². The molecule has 0 aliphatic heterocycles. The summed E-state index contributed by atoms with van der Waals surface area (Å²) < 4.78 is 0. The molecule has 0 spiro atoms. The Bertz CT molecular complexity index is 606. The van der Waals surface area contributed by atoms with Gasteiger partial charge >= 0.3 is 0 Å². The van der Waals surface area contributed by atoms with Gasteiger partial charge < -0.3 is 5.32 Å². The maximum absolute atomic E-state index is 11.9. The van der Waals surface area contributed by atoms with E-state index in [2.05, 4.69) is 37.4 Å². The van der Waals surface area contributed by atoms with Gasteiger partial charge in [-0.1, -0.05) is 56.3 Å². The number of nitrogens with one attached hydrogen (secondary N) is 1. The first kappa shape index (κ1) is 14.3. The maximum Gasteiger partial charge on any atom is 0.244 e.